The van der Waals surface area contributed by atoms with Crippen molar-refractivity contribution in [1.82, 2.24) is 15.5 Å². The second kappa shape index (κ2) is 11.0. The standard InChI is InChI=1S/C23H37N3O5/c1-8-9-14-24-20(29)19(16-12-10-11-13-17(16)27)26(22(2,3)4)18(28)15-25-21(30)31-23(5,6)7/h10-13,19,27H,8-9,14-15H2,1-7H3,(H,24,29)(H,25,30). The van der Waals surface area contributed by atoms with Gasteiger partial charge in [0.05, 0.1) is 0 Å². The lowest BCUT2D eigenvalue weighted by Crippen LogP contribution is -2.55. The Hall–Kier alpha value is -2.77. The Morgan fingerprint density at radius 1 is 1.06 bits per heavy atom. The van der Waals surface area contributed by atoms with Crippen LogP contribution >= 0.6 is 0 Å². The van der Waals surface area contributed by atoms with Crippen molar-refractivity contribution in [2.24, 2.45) is 0 Å². The topological polar surface area (TPSA) is 108 Å². The summed E-state index contributed by atoms with van der Waals surface area (Å²) in [5.74, 6) is -0.951. The summed E-state index contributed by atoms with van der Waals surface area (Å²) in [5, 5.41) is 15.7. The minimum Gasteiger partial charge on any atom is -0.508 e. The zero-order valence-corrected chi connectivity index (χ0v) is 19.7. The van der Waals surface area contributed by atoms with Gasteiger partial charge in [0.25, 0.3) is 0 Å². The SMILES string of the molecule is CCCCNC(=O)C(c1ccccc1O)N(C(=O)CNC(=O)OC(C)(C)C)C(C)(C)C. The molecule has 174 valence electrons. The quantitative estimate of drug-likeness (QED) is 0.542. The number of nitrogens with zero attached hydrogens (tertiary/aromatic N) is 1. The molecule has 0 aliphatic carbocycles. The van der Waals surface area contributed by atoms with Crippen LogP contribution in [0.3, 0.4) is 0 Å². The monoisotopic (exact) mass is 435 g/mol. The van der Waals surface area contributed by atoms with E-state index in [9.17, 15) is 19.5 Å². The number of ether oxygens (including phenoxy) is 1. The van der Waals surface area contributed by atoms with Crippen molar-refractivity contribution in [3.63, 3.8) is 0 Å². The molecular formula is C23H37N3O5. The normalized spacial score (nSPS) is 12.6. The fourth-order valence-electron chi connectivity index (χ4n) is 3.05. The molecule has 3 N–H and O–H groups in total. The number of hydrogen-bond acceptors (Lipinski definition) is 5. The lowest BCUT2D eigenvalue weighted by atomic mass is 9.96. The number of carbonyl (C=O) groups is 3. The number of benzene rings is 1. The molecule has 0 aliphatic rings. The number of carbonyl (C=O) groups excluding carboxylic acids is 3. The highest BCUT2D eigenvalue weighted by Gasteiger charge is 2.39. The van der Waals surface area contributed by atoms with Crippen LogP contribution in [0.4, 0.5) is 4.79 Å². The van der Waals surface area contributed by atoms with Crippen LogP contribution in [-0.2, 0) is 14.3 Å². The predicted molar refractivity (Wildman–Crippen MR) is 120 cm³/mol. The van der Waals surface area contributed by atoms with Gasteiger partial charge in [-0.3, -0.25) is 9.59 Å². The molecule has 31 heavy (non-hydrogen) atoms. The number of alkyl carbamates (subject to hydrolysis) is 1. The predicted octanol–water partition coefficient (Wildman–Crippen LogP) is 3.50. The van der Waals surface area contributed by atoms with Gasteiger partial charge in [-0.05, 0) is 54.0 Å². The largest absolute Gasteiger partial charge is 0.508 e. The number of rotatable bonds is 8. The van der Waals surface area contributed by atoms with E-state index in [0.717, 1.165) is 12.8 Å². The molecule has 0 bridgehead atoms. The smallest absolute Gasteiger partial charge is 0.408 e. The summed E-state index contributed by atoms with van der Waals surface area (Å²) >= 11 is 0. The molecule has 1 rings (SSSR count). The van der Waals surface area contributed by atoms with Crippen LogP contribution in [0.25, 0.3) is 0 Å². The number of phenolic OH excluding ortho intramolecular Hbond substituents is 1. The summed E-state index contributed by atoms with van der Waals surface area (Å²) in [6, 6.07) is 5.38. The van der Waals surface area contributed by atoms with Crippen molar-refractivity contribution < 1.29 is 24.2 Å². The van der Waals surface area contributed by atoms with Gasteiger partial charge in [0, 0.05) is 17.6 Å². The van der Waals surface area contributed by atoms with Crippen molar-refractivity contribution in [1.29, 1.82) is 0 Å². The zero-order valence-electron chi connectivity index (χ0n) is 19.7. The first-order chi connectivity index (χ1) is 14.3. The number of aromatic hydroxyl groups is 1. The number of phenols is 1. The van der Waals surface area contributed by atoms with Crippen LogP contribution in [0.1, 0.15) is 72.9 Å². The lowest BCUT2D eigenvalue weighted by molar-refractivity contribution is -0.146. The van der Waals surface area contributed by atoms with Crippen molar-refractivity contribution in [3.8, 4) is 5.75 Å². The maximum atomic E-state index is 13.2. The van der Waals surface area contributed by atoms with Gasteiger partial charge < -0.3 is 25.4 Å². The first-order valence-electron chi connectivity index (χ1n) is 10.6. The highest BCUT2D eigenvalue weighted by atomic mass is 16.6. The average molecular weight is 436 g/mol. The Balaban J connectivity index is 3.23. The van der Waals surface area contributed by atoms with Crippen LogP contribution in [-0.4, -0.2) is 52.1 Å². The van der Waals surface area contributed by atoms with E-state index in [1.165, 1.54) is 11.0 Å². The van der Waals surface area contributed by atoms with Crippen LogP contribution in [0.2, 0.25) is 0 Å². The van der Waals surface area contributed by atoms with Gasteiger partial charge in [-0.15, -0.1) is 0 Å². The molecule has 0 saturated carbocycles. The highest BCUT2D eigenvalue weighted by molar-refractivity contribution is 5.91. The average Bonchev–Trinajstić information content (AvgIpc) is 2.62. The second-order valence-electron chi connectivity index (χ2n) is 9.40. The summed E-state index contributed by atoms with van der Waals surface area (Å²) in [6.07, 6.45) is 0.979. The van der Waals surface area contributed by atoms with E-state index in [1.54, 1.807) is 59.7 Å². The summed E-state index contributed by atoms with van der Waals surface area (Å²) in [5.41, 5.74) is -1.16. The second-order valence-corrected chi connectivity index (χ2v) is 9.40. The first-order valence-corrected chi connectivity index (χ1v) is 10.6. The third kappa shape index (κ3) is 8.47. The molecule has 0 saturated heterocycles. The molecule has 8 heteroatoms. The van der Waals surface area contributed by atoms with Crippen molar-refractivity contribution in [2.45, 2.75) is 78.5 Å². The summed E-state index contributed by atoms with van der Waals surface area (Å²) in [4.78, 5) is 39.8. The Kier molecular flexibility index (Phi) is 9.34. The maximum absolute atomic E-state index is 13.2. The third-order valence-electron chi connectivity index (χ3n) is 4.34. The third-order valence-corrected chi connectivity index (χ3v) is 4.34. The van der Waals surface area contributed by atoms with Crippen molar-refractivity contribution >= 4 is 17.9 Å². The molecule has 0 aliphatic heterocycles. The fourth-order valence-corrected chi connectivity index (χ4v) is 3.05. The summed E-state index contributed by atoms with van der Waals surface area (Å²) < 4.78 is 5.19. The van der Waals surface area contributed by atoms with Gasteiger partial charge in [0.1, 0.15) is 23.9 Å². The van der Waals surface area contributed by atoms with Crippen molar-refractivity contribution in [2.75, 3.05) is 13.1 Å². The summed E-state index contributed by atoms with van der Waals surface area (Å²) in [6.45, 7) is 12.7. The van der Waals surface area contributed by atoms with E-state index in [2.05, 4.69) is 10.6 Å². The van der Waals surface area contributed by atoms with Crippen LogP contribution in [0, 0.1) is 0 Å². The summed E-state index contributed by atoms with van der Waals surface area (Å²) in [7, 11) is 0. The minimum atomic E-state index is -1.06. The molecule has 0 aromatic heterocycles. The Morgan fingerprint density at radius 2 is 1.68 bits per heavy atom. The molecular weight excluding hydrogens is 398 g/mol. The van der Waals surface area contributed by atoms with E-state index in [4.69, 9.17) is 4.74 Å². The molecule has 3 amide bonds. The van der Waals surface area contributed by atoms with Gasteiger partial charge in [-0.2, -0.15) is 0 Å². The Bertz CT molecular complexity index is 765. The molecule has 0 heterocycles. The van der Waals surface area contributed by atoms with E-state index < -0.39 is 35.1 Å². The van der Waals surface area contributed by atoms with Gasteiger partial charge in [0.15, 0.2) is 0 Å². The Morgan fingerprint density at radius 3 is 2.19 bits per heavy atom. The molecule has 1 unspecified atom stereocenters. The lowest BCUT2D eigenvalue weighted by Gasteiger charge is -2.41. The van der Waals surface area contributed by atoms with E-state index in [1.807, 2.05) is 6.92 Å². The number of hydrogen-bond donors (Lipinski definition) is 3. The number of amides is 3. The molecule has 0 fully saturated rings. The highest BCUT2D eigenvalue weighted by Crippen LogP contribution is 2.33. The molecule has 8 nitrogen and oxygen atoms in total. The fraction of sp³-hybridized carbons (Fsp3) is 0.609. The Labute approximate surface area is 185 Å². The van der Waals surface area contributed by atoms with Crippen LogP contribution < -0.4 is 10.6 Å². The van der Waals surface area contributed by atoms with Crippen LogP contribution in [0.15, 0.2) is 24.3 Å². The minimum absolute atomic E-state index is 0.0831. The number of nitrogens with one attached hydrogen (secondary N) is 2. The molecule has 1 aromatic carbocycles. The van der Waals surface area contributed by atoms with E-state index in [-0.39, 0.29) is 12.3 Å². The van der Waals surface area contributed by atoms with Gasteiger partial charge in [-0.1, -0.05) is 31.5 Å². The number of para-hydroxylation sites is 1. The van der Waals surface area contributed by atoms with Crippen molar-refractivity contribution in [3.05, 3.63) is 29.8 Å². The van der Waals surface area contributed by atoms with E-state index >= 15 is 0 Å². The van der Waals surface area contributed by atoms with Gasteiger partial charge in [-0.25, -0.2) is 4.79 Å². The molecule has 0 spiro atoms. The van der Waals surface area contributed by atoms with Crippen LogP contribution in [0.5, 0.6) is 5.75 Å². The number of unbranched alkanes of at least 4 members (excludes halogenated alkanes) is 1. The first kappa shape index (κ1) is 26.3. The maximum Gasteiger partial charge on any atom is 0.408 e. The molecule has 1 atom stereocenters. The van der Waals surface area contributed by atoms with Gasteiger partial charge in [0.2, 0.25) is 11.8 Å². The molecule has 1 aromatic rings. The molecule has 0 radical (unpaired) electrons. The van der Waals surface area contributed by atoms with Gasteiger partial charge >= 0.3 is 6.09 Å². The van der Waals surface area contributed by atoms with E-state index in [0.29, 0.717) is 12.1 Å². The zero-order chi connectivity index (χ0) is 23.8.